The molecule has 0 radical (unpaired) electrons. The molecule has 11 heteroatoms. The SMILES string of the molecule is C[C@H](c1ccccc1)N(C)C(=O)[C@@H](NC(=S)Nc1cc(C(F)(F)F)cc(C(F)(F)F)c1)C(C)(C)C. The van der Waals surface area contributed by atoms with E-state index in [-0.39, 0.29) is 23.1 Å². The second-order valence-electron chi connectivity index (χ2n) is 9.23. The van der Waals surface area contributed by atoms with Crippen LogP contribution in [0.3, 0.4) is 0 Å². The van der Waals surface area contributed by atoms with E-state index in [1.165, 1.54) is 4.90 Å². The molecule has 0 unspecified atom stereocenters. The molecule has 1 amide bonds. The van der Waals surface area contributed by atoms with Gasteiger partial charge in [0.05, 0.1) is 17.2 Å². The van der Waals surface area contributed by atoms with Crippen LogP contribution in [0.15, 0.2) is 48.5 Å². The number of carbonyl (C=O) groups excluding carboxylic acids is 1. The van der Waals surface area contributed by atoms with Gasteiger partial charge in [0.1, 0.15) is 6.04 Å². The summed E-state index contributed by atoms with van der Waals surface area (Å²) in [7, 11) is 1.61. The number of halogens is 6. The van der Waals surface area contributed by atoms with E-state index in [4.69, 9.17) is 12.2 Å². The van der Waals surface area contributed by atoms with Crippen molar-refractivity contribution in [2.45, 2.75) is 52.1 Å². The molecule has 0 aliphatic rings. The van der Waals surface area contributed by atoms with Crippen LogP contribution in [0.5, 0.6) is 0 Å². The maximum atomic E-state index is 13.3. The lowest BCUT2D eigenvalue weighted by Gasteiger charge is -2.36. The van der Waals surface area contributed by atoms with E-state index in [1.807, 2.05) is 37.3 Å². The Morgan fingerprint density at radius 2 is 1.40 bits per heavy atom. The number of hydrogen-bond acceptors (Lipinski definition) is 2. The van der Waals surface area contributed by atoms with E-state index < -0.39 is 40.6 Å². The summed E-state index contributed by atoms with van der Waals surface area (Å²) in [6.07, 6.45) is -9.99. The number of alkyl halides is 6. The molecule has 0 aliphatic carbocycles. The van der Waals surface area contributed by atoms with Gasteiger partial charge in [-0.2, -0.15) is 26.3 Å². The van der Waals surface area contributed by atoms with Gasteiger partial charge in [0.15, 0.2) is 5.11 Å². The number of hydrogen-bond donors (Lipinski definition) is 2. The monoisotopic (exact) mass is 519 g/mol. The molecule has 0 spiro atoms. The first-order valence-corrected chi connectivity index (χ1v) is 11.0. The van der Waals surface area contributed by atoms with E-state index in [2.05, 4.69) is 10.6 Å². The first-order valence-electron chi connectivity index (χ1n) is 10.6. The highest BCUT2D eigenvalue weighted by Crippen LogP contribution is 2.37. The molecule has 0 saturated heterocycles. The number of carbonyl (C=O) groups is 1. The van der Waals surface area contributed by atoms with Gasteiger partial charge >= 0.3 is 12.4 Å². The van der Waals surface area contributed by atoms with Crippen LogP contribution in [0, 0.1) is 5.41 Å². The molecule has 2 atom stereocenters. The van der Waals surface area contributed by atoms with Gasteiger partial charge < -0.3 is 15.5 Å². The molecule has 0 aromatic heterocycles. The zero-order chi connectivity index (χ0) is 26.8. The molecule has 192 valence electrons. The van der Waals surface area contributed by atoms with Gasteiger partial charge in [-0.05, 0) is 48.3 Å². The average Bonchev–Trinajstić information content (AvgIpc) is 2.74. The molecule has 4 nitrogen and oxygen atoms in total. The summed E-state index contributed by atoms with van der Waals surface area (Å²) in [6, 6.07) is 9.13. The largest absolute Gasteiger partial charge is 0.416 e. The average molecular weight is 520 g/mol. The molecule has 0 bridgehead atoms. The van der Waals surface area contributed by atoms with Crippen LogP contribution in [0.25, 0.3) is 0 Å². The van der Waals surface area contributed by atoms with E-state index in [0.29, 0.717) is 12.1 Å². The standard InChI is InChI=1S/C24H27F6N3OS/c1-14(15-9-7-6-8-10-15)33(5)20(34)19(22(2,3)4)32-21(35)31-18-12-16(23(25,26)27)11-17(13-18)24(28,29)30/h6-14,19H,1-5H3,(H2,31,32,35)/t14-,19-/m1/s1. The molecule has 2 N–H and O–H groups in total. The zero-order valence-corrected chi connectivity index (χ0v) is 20.6. The molecular weight excluding hydrogens is 492 g/mol. The predicted molar refractivity (Wildman–Crippen MR) is 127 cm³/mol. The molecule has 2 aromatic carbocycles. The van der Waals surface area contributed by atoms with Crippen molar-refractivity contribution in [1.82, 2.24) is 10.2 Å². The fraction of sp³-hybridized carbons (Fsp3) is 0.417. The Morgan fingerprint density at radius 3 is 1.83 bits per heavy atom. The van der Waals surface area contributed by atoms with Crippen molar-refractivity contribution in [2.24, 2.45) is 5.41 Å². The molecule has 0 heterocycles. The minimum atomic E-state index is -4.99. The quantitative estimate of drug-likeness (QED) is 0.343. The number of likely N-dealkylation sites (N-methyl/N-ethyl adjacent to an activating group) is 1. The number of benzene rings is 2. The third kappa shape index (κ3) is 7.58. The van der Waals surface area contributed by atoms with E-state index >= 15 is 0 Å². The Hall–Kier alpha value is -2.82. The third-order valence-corrected chi connectivity index (χ3v) is 5.66. The number of nitrogens with one attached hydrogen (secondary N) is 2. The Labute approximate surface area is 205 Å². The van der Waals surface area contributed by atoms with Crippen molar-refractivity contribution in [3.05, 3.63) is 65.2 Å². The number of anilines is 1. The Kier molecular flexibility index (Phi) is 8.47. The molecular formula is C24H27F6N3OS. The highest BCUT2D eigenvalue weighted by Gasteiger charge is 2.38. The van der Waals surface area contributed by atoms with Crippen molar-refractivity contribution in [1.29, 1.82) is 0 Å². The minimum Gasteiger partial charge on any atom is -0.350 e. The van der Waals surface area contributed by atoms with Crippen LogP contribution in [0.2, 0.25) is 0 Å². The summed E-state index contributed by atoms with van der Waals surface area (Å²) < 4.78 is 78.9. The summed E-state index contributed by atoms with van der Waals surface area (Å²) in [4.78, 5) is 14.8. The van der Waals surface area contributed by atoms with Crippen LogP contribution >= 0.6 is 12.2 Å². The van der Waals surface area contributed by atoms with Crippen LogP contribution in [0.4, 0.5) is 32.0 Å². The van der Waals surface area contributed by atoms with Crippen LogP contribution < -0.4 is 10.6 Å². The summed E-state index contributed by atoms with van der Waals surface area (Å²) in [6.45, 7) is 7.12. The van der Waals surface area contributed by atoms with E-state index in [1.54, 1.807) is 27.8 Å². The molecule has 0 fully saturated rings. The van der Waals surface area contributed by atoms with Gasteiger partial charge in [-0.1, -0.05) is 51.1 Å². The Balaban J connectivity index is 2.29. The van der Waals surface area contributed by atoms with Crippen molar-refractivity contribution in [2.75, 3.05) is 12.4 Å². The fourth-order valence-corrected chi connectivity index (χ4v) is 3.56. The molecule has 35 heavy (non-hydrogen) atoms. The Bertz CT molecular complexity index is 1020. The smallest absolute Gasteiger partial charge is 0.350 e. The van der Waals surface area contributed by atoms with Gasteiger partial charge in [-0.25, -0.2) is 0 Å². The topological polar surface area (TPSA) is 44.4 Å². The zero-order valence-electron chi connectivity index (χ0n) is 19.8. The third-order valence-electron chi connectivity index (χ3n) is 5.44. The molecule has 2 aromatic rings. The van der Waals surface area contributed by atoms with Gasteiger partial charge in [-0.15, -0.1) is 0 Å². The lowest BCUT2D eigenvalue weighted by atomic mass is 9.85. The summed E-state index contributed by atoms with van der Waals surface area (Å²) in [5.74, 6) is -0.349. The fourth-order valence-electron chi connectivity index (χ4n) is 3.32. The second kappa shape index (κ2) is 10.4. The summed E-state index contributed by atoms with van der Waals surface area (Å²) >= 11 is 5.16. The van der Waals surface area contributed by atoms with Crippen molar-refractivity contribution >= 4 is 28.9 Å². The predicted octanol–water partition coefficient (Wildman–Crippen LogP) is 6.64. The first-order chi connectivity index (χ1) is 15.9. The normalized spacial score (nSPS) is 14.1. The van der Waals surface area contributed by atoms with Gasteiger partial charge in [0, 0.05) is 12.7 Å². The first kappa shape index (κ1) is 28.4. The number of amides is 1. The maximum absolute atomic E-state index is 13.3. The van der Waals surface area contributed by atoms with Crippen molar-refractivity contribution < 1.29 is 31.1 Å². The number of rotatable bonds is 5. The highest BCUT2D eigenvalue weighted by molar-refractivity contribution is 7.80. The number of nitrogens with zero attached hydrogens (tertiary/aromatic N) is 1. The highest BCUT2D eigenvalue weighted by atomic mass is 32.1. The molecule has 0 saturated carbocycles. The molecule has 2 rings (SSSR count). The van der Waals surface area contributed by atoms with Gasteiger partial charge in [-0.3, -0.25) is 4.79 Å². The Morgan fingerprint density at radius 1 is 0.914 bits per heavy atom. The van der Waals surface area contributed by atoms with Crippen LogP contribution in [0.1, 0.15) is 50.4 Å². The van der Waals surface area contributed by atoms with Gasteiger partial charge in [0.25, 0.3) is 0 Å². The summed E-state index contributed by atoms with van der Waals surface area (Å²) in [5.41, 5.74) is -3.26. The van der Waals surface area contributed by atoms with Crippen molar-refractivity contribution in [3.8, 4) is 0 Å². The van der Waals surface area contributed by atoms with Crippen molar-refractivity contribution in [3.63, 3.8) is 0 Å². The second-order valence-corrected chi connectivity index (χ2v) is 9.64. The lowest BCUT2D eigenvalue weighted by Crippen LogP contribution is -2.55. The lowest BCUT2D eigenvalue weighted by molar-refractivity contribution is -0.143. The molecule has 0 aliphatic heterocycles. The van der Waals surface area contributed by atoms with Gasteiger partial charge in [0.2, 0.25) is 5.91 Å². The van der Waals surface area contributed by atoms with Crippen LogP contribution in [-0.4, -0.2) is 29.0 Å². The maximum Gasteiger partial charge on any atom is 0.416 e. The minimum absolute atomic E-state index is 0.0308. The van der Waals surface area contributed by atoms with E-state index in [9.17, 15) is 31.1 Å². The van der Waals surface area contributed by atoms with E-state index in [0.717, 1.165) is 5.56 Å². The van der Waals surface area contributed by atoms with Crippen LogP contribution in [-0.2, 0) is 17.1 Å². The summed E-state index contributed by atoms with van der Waals surface area (Å²) in [5, 5.41) is 4.86. The number of thiocarbonyl (C=S) groups is 1.